The van der Waals surface area contributed by atoms with Crippen molar-refractivity contribution in [3.05, 3.63) is 65.5 Å². The molecule has 0 radical (unpaired) electrons. The van der Waals surface area contributed by atoms with Gasteiger partial charge in [-0.25, -0.2) is 0 Å². The van der Waals surface area contributed by atoms with E-state index in [1.165, 1.54) is 11.0 Å². The number of aliphatic hydroxyl groups excluding tert-OH is 1. The second-order valence-corrected chi connectivity index (χ2v) is 6.11. The van der Waals surface area contributed by atoms with Gasteiger partial charge in [0.05, 0.1) is 24.1 Å². The molecule has 0 unspecified atom stereocenters. The summed E-state index contributed by atoms with van der Waals surface area (Å²) < 4.78 is 38.8. The van der Waals surface area contributed by atoms with E-state index in [2.05, 4.69) is 4.98 Å². The predicted octanol–water partition coefficient (Wildman–Crippen LogP) is 2.98. The highest BCUT2D eigenvalue weighted by Gasteiger charge is 2.37. The van der Waals surface area contributed by atoms with E-state index in [4.69, 9.17) is 0 Å². The number of amides is 1. The van der Waals surface area contributed by atoms with Crippen LogP contribution < -0.4 is 0 Å². The normalized spacial score (nSPS) is 20.7. The van der Waals surface area contributed by atoms with E-state index in [0.29, 0.717) is 5.56 Å². The molecule has 1 amide bonds. The van der Waals surface area contributed by atoms with Crippen molar-refractivity contribution in [1.82, 2.24) is 9.88 Å². The molecular weight excluding hydrogens is 333 g/mol. The SMILES string of the molecule is O=C(Cc1cccnc1)N1C[C@H](O)C[C@H]1c1cccc(C(F)(F)F)c1. The lowest BCUT2D eigenvalue weighted by molar-refractivity contribution is -0.137. The first kappa shape index (κ1) is 17.4. The highest BCUT2D eigenvalue weighted by molar-refractivity contribution is 5.79. The quantitative estimate of drug-likeness (QED) is 0.926. The number of rotatable bonds is 3. The summed E-state index contributed by atoms with van der Waals surface area (Å²) in [7, 11) is 0. The van der Waals surface area contributed by atoms with E-state index in [-0.39, 0.29) is 25.3 Å². The standard InChI is InChI=1S/C18H17F3N2O2/c19-18(20,21)14-5-1-4-13(8-14)16-9-15(24)11-23(16)17(25)7-12-3-2-6-22-10-12/h1-6,8,10,15-16,24H,7,9,11H2/t15-,16+/m1/s1. The maximum atomic E-state index is 12.9. The Morgan fingerprint density at radius 1 is 1.28 bits per heavy atom. The van der Waals surface area contributed by atoms with Crippen molar-refractivity contribution in [3.8, 4) is 0 Å². The Morgan fingerprint density at radius 3 is 2.76 bits per heavy atom. The number of alkyl halides is 3. The fraction of sp³-hybridized carbons (Fsp3) is 0.333. The molecule has 0 saturated carbocycles. The Balaban J connectivity index is 1.83. The molecule has 1 aromatic carbocycles. The number of aromatic nitrogens is 1. The molecule has 2 heterocycles. The van der Waals surface area contributed by atoms with Gasteiger partial charge in [0, 0.05) is 18.9 Å². The zero-order valence-electron chi connectivity index (χ0n) is 13.3. The molecule has 7 heteroatoms. The molecule has 0 spiro atoms. The molecule has 1 aliphatic rings. The monoisotopic (exact) mass is 350 g/mol. The zero-order valence-corrected chi connectivity index (χ0v) is 13.3. The first-order chi connectivity index (χ1) is 11.8. The molecule has 0 bridgehead atoms. The van der Waals surface area contributed by atoms with E-state index in [1.807, 2.05) is 0 Å². The van der Waals surface area contributed by atoms with Gasteiger partial charge in [-0.2, -0.15) is 13.2 Å². The maximum absolute atomic E-state index is 12.9. The van der Waals surface area contributed by atoms with E-state index in [0.717, 1.165) is 17.7 Å². The minimum Gasteiger partial charge on any atom is -0.391 e. The molecule has 1 N–H and O–H groups in total. The Kier molecular flexibility index (Phi) is 4.76. The fourth-order valence-corrected chi connectivity index (χ4v) is 3.11. The molecule has 132 valence electrons. The lowest BCUT2D eigenvalue weighted by Gasteiger charge is -2.25. The van der Waals surface area contributed by atoms with Crippen molar-refractivity contribution in [1.29, 1.82) is 0 Å². The summed E-state index contributed by atoms with van der Waals surface area (Å²) in [5.74, 6) is -0.244. The van der Waals surface area contributed by atoms with Gasteiger partial charge in [-0.3, -0.25) is 9.78 Å². The minimum atomic E-state index is -4.45. The van der Waals surface area contributed by atoms with Gasteiger partial charge >= 0.3 is 6.18 Å². The maximum Gasteiger partial charge on any atom is 0.416 e. The number of pyridine rings is 1. The topological polar surface area (TPSA) is 53.4 Å². The van der Waals surface area contributed by atoms with Crippen LogP contribution in [0.5, 0.6) is 0 Å². The number of hydrogen-bond donors (Lipinski definition) is 1. The number of nitrogens with zero attached hydrogens (tertiary/aromatic N) is 2. The van der Waals surface area contributed by atoms with Crippen molar-refractivity contribution in [2.45, 2.75) is 31.2 Å². The first-order valence-electron chi connectivity index (χ1n) is 7.88. The molecular formula is C18H17F3N2O2. The zero-order chi connectivity index (χ0) is 18.0. The fourth-order valence-electron chi connectivity index (χ4n) is 3.11. The summed E-state index contributed by atoms with van der Waals surface area (Å²) in [4.78, 5) is 18.0. The number of halogens is 3. The summed E-state index contributed by atoms with van der Waals surface area (Å²) in [6.45, 7) is 0.111. The summed E-state index contributed by atoms with van der Waals surface area (Å²) >= 11 is 0. The van der Waals surface area contributed by atoms with Crippen LogP contribution >= 0.6 is 0 Å². The van der Waals surface area contributed by atoms with Crippen molar-refractivity contribution in [3.63, 3.8) is 0 Å². The van der Waals surface area contributed by atoms with Crippen molar-refractivity contribution in [2.24, 2.45) is 0 Å². The third-order valence-corrected chi connectivity index (χ3v) is 4.28. The van der Waals surface area contributed by atoms with Gasteiger partial charge in [0.25, 0.3) is 0 Å². The summed E-state index contributed by atoms with van der Waals surface area (Å²) in [5.41, 5.74) is 0.341. The van der Waals surface area contributed by atoms with Gasteiger partial charge in [0.15, 0.2) is 0 Å². The lowest BCUT2D eigenvalue weighted by atomic mass is 10.0. The van der Waals surface area contributed by atoms with Crippen molar-refractivity contribution in [2.75, 3.05) is 6.54 Å². The van der Waals surface area contributed by atoms with Crippen molar-refractivity contribution >= 4 is 5.91 Å². The molecule has 1 aliphatic heterocycles. The Morgan fingerprint density at radius 2 is 2.08 bits per heavy atom. The van der Waals surface area contributed by atoms with E-state index in [1.54, 1.807) is 30.6 Å². The van der Waals surface area contributed by atoms with Crippen LogP contribution in [0.4, 0.5) is 13.2 Å². The van der Waals surface area contributed by atoms with Crippen LogP contribution in [0.3, 0.4) is 0 Å². The van der Waals surface area contributed by atoms with Crippen LogP contribution in [0.15, 0.2) is 48.8 Å². The third kappa shape index (κ3) is 3.99. The molecule has 25 heavy (non-hydrogen) atoms. The highest BCUT2D eigenvalue weighted by atomic mass is 19.4. The number of hydrogen-bond acceptors (Lipinski definition) is 3. The smallest absolute Gasteiger partial charge is 0.391 e. The van der Waals surface area contributed by atoms with E-state index < -0.39 is 23.9 Å². The number of carbonyl (C=O) groups excluding carboxylic acids is 1. The molecule has 1 saturated heterocycles. The van der Waals surface area contributed by atoms with E-state index >= 15 is 0 Å². The average Bonchev–Trinajstić information content (AvgIpc) is 2.97. The molecule has 2 atom stereocenters. The molecule has 1 fully saturated rings. The van der Waals surface area contributed by atoms with Crippen LogP contribution in [-0.4, -0.2) is 33.5 Å². The third-order valence-electron chi connectivity index (χ3n) is 4.28. The molecule has 0 aliphatic carbocycles. The Labute approximate surface area is 142 Å². The Hall–Kier alpha value is -2.41. The number of β-amino-alcohol motifs (C(OH)–C–C–N with tert-alkyl or cyclic N) is 1. The first-order valence-corrected chi connectivity index (χ1v) is 7.88. The van der Waals surface area contributed by atoms with Crippen LogP contribution in [-0.2, 0) is 17.4 Å². The van der Waals surface area contributed by atoms with Gasteiger partial charge in [-0.15, -0.1) is 0 Å². The Bertz CT molecular complexity index is 749. The number of aliphatic hydroxyl groups is 1. The molecule has 2 aromatic rings. The molecule has 1 aromatic heterocycles. The number of likely N-dealkylation sites (tertiary alicyclic amines) is 1. The largest absolute Gasteiger partial charge is 0.416 e. The summed E-state index contributed by atoms with van der Waals surface area (Å²) in [5, 5.41) is 9.95. The second kappa shape index (κ2) is 6.84. The van der Waals surface area contributed by atoms with Gasteiger partial charge in [0.1, 0.15) is 0 Å². The summed E-state index contributed by atoms with van der Waals surface area (Å²) in [6.07, 6.45) is -1.71. The van der Waals surface area contributed by atoms with Crippen LogP contribution in [0.25, 0.3) is 0 Å². The van der Waals surface area contributed by atoms with E-state index in [9.17, 15) is 23.1 Å². The highest BCUT2D eigenvalue weighted by Crippen LogP contribution is 2.36. The van der Waals surface area contributed by atoms with Gasteiger partial charge < -0.3 is 10.0 Å². The van der Waals surface area contributed by atoms with Gasteiger partial charge in [-0.1, -0.05) is 18.2 Å². The molecule has 4 nitrogen and oxygen atoms in total. The lowest BCUT2D eigenvalue weighted by Crippen LogP contribution is -2.33. The average molecular weight is 350 g/mol. The number of carbonyl (C=O) groups is 1. The predicted molar refractivity (Wildman–Crippen MR) is 84.5 cm³/mol. The summed E-state index contributed by atoms with van der Waals surface area (Å²) in [6, 6.07) is 7.84. The van der Waals surface area contributed by atoms with Crippen LogP contribution in [0, 0.1) is 0 Å². The van der Waals surface area contributed by atoms with Gasteiger partial charge in [-0.05, 0) is 35.7 Å². The molecule has 3 rings (SSSR count). The van der Waals surface area contributed by atoms with Crippen LogP contribution in [0.2, 0.25) is 0 Å². The van der Waals surface area contributed by atoms with Gasteiger partial charge in [0.2, 0.25) is 5.91 Å². The minimum absolute atomic E-state index is 0.0933. The number of benzene rings is 1. The van der Waals surface area contributed by atoms with Crippen molar-refractivity contribution < 1.29 is 23.1 Å². The van der Waals surface area contributed by atoms with Crippen LogP contribution in [0.1, 0.15) is 29.2 Å². The second-order valence-electron chi connectivity index (χ2n) is 6.11.